The Kier molecular flexibility index (Phi) is 38.5. The largest absolute Gasteiger partial charge is 0.490 e. The lowest BCUT2D eigenvalue weighted by molar-refractivity contribution is -0.0259. The molecule has 46 heteroatoms. The van der Waals surface area contributed by atoms with Crippen molar-refractivity contribution in [3.05, 3.63) is 199 Å². The van der Waals surface area contributed by atoms with Crippen molar-refractivity contribution in [2.75, 3.05) is 168 Å². The highest BCUT2D eigenvalue weighted by atomic mass is 79.9. The Hall–Kier alpha value is -8.66. The van der Waals surface area contributed by atoms with Gasteiger partial charge >= 0.3 is 31.5 Å². The molecule has 142 heavy (non-hydrogen) atoms. The van der Waals surface area contributed by atoms with E-state index in [1.54, 1.807) is 57.8 Å². The average Bonchev–Trinajstić information content (AvgIpc) is 1.56. The van der Waals surface area contributed by atoms with Crippen molar-refractivity contribution in [2.24, 2.45) is 0 Å². The summed E-state index contributed by atoms with van der Waals surface area (Å²) in [7, 11) is -0.182. The topological polar surface area (TPSA) is 459 Å². The number of amides is 4. The summed E-state index contributed by atoms with van der Waals surface area (Å²) < 4.78 is 82.7. The van der Waals surface area contributed by atoms with Crippen LogP contribution < -0.4 is 43.0 Å². The van der Waals surface area contributed by atoms with Gasteiger partial charge in [-0.1, -0.05) is 105 Å². The van der Waals surface area contributed by atoms with Gasteiger partial charge in [-0.2, -0.15) is 0 Å². The number of nitrogens with one attached hydrogen (secondary N) is 1. The maximum atomic E-state index is 12.1. The fourth-order valence-corrected chi connectivity index (χ4v) is 19.8. The molecular formula is C96H114BBrCl8N16O20. The highest BCUT2D eigenvalue weighted by molar-refractivity contribution is 9.10. The minimum atomic E-state index is -0.527. The maximum absolute atomic E-state index is 12.1. The van der Waals surface area contributed by atoms with E-state index in [2.05, 4.69) is 94.9 Å². The van der Waals surface area contributed by atoms with Gasteiger partial charge in [-0.25, -0.2) is 59.0 Å². The number of pyridine rings is 8. The number of hydrogen-bond donors (Lipinski definition) is 6. The second kappa shape index (κ2) is 50.2. The van der Waals surface area contributed by atoms with E-state index in [1.807, 2.05) is 63.2 Å². The first-order valence-electron chi connectivity index (χ1n) is 46.7. The van der Waals surface area contributed by atoms with Crippen LogP contribution >= 0.6 is 109 Å². The summed E-state index contributed by atoms with van der Waals surface area (Å²) in [6, 6.07) is 14.7. The number of fused-ring (bicyclic) bond motifs is 13. The Labute approximate surface area is 871 Å². The van der Waals surface area contributed by atoms with E-state index in [9.17, 15) is 24.3 Å². The van der Waals surface area contributed by atoms with Gasteiger partial charge in [0.2, 0.25) is 0 Å². The number of halogens is 9. The van der Waals surface area contributed by atoms with Gasteiger partial charge in [-0.3, -0.25) is 20.0 Å². The number of anilines is 8. The van der Waals surface area contributed by atoms with Crippen LogP contribution in [0.5, 0.6) is 0 Å². The minimum absolute atomic E-state index is 0.0232. The van der Waals surface area contributed by atoms with Crippen molar-refractivity contribution in [3.8, 4) is 0 Å². The zero-order valence-corrected chi connectivity index (χ0v) is 86.9. The molecule has 0 aromatic carbocycles. The van der Waals surface area contributed by atoms with Crippen molar-refractivity contribution in [1.29, 1.82) is 0 Å². The Morgan fingerprint density at radius 1 is 0.423 bits per heavy atom. The van der Waals surface area contributed by atoms with E-state index in [4.69, 9.17) is 187 Å². The molecule has 22 heterocycles. The molecule has 0 bridgehead atoms. The number of aromatic nitrogens is 8. The monoisotopic (exact) mass is 2180 g/mol. The number of epoxide rings is 1. The number of hydrogen-bond acceptors (Lipinski definition) is 32. The minimum Gasteiger partial charge on any atom is -0.443 e. The molecular weight excluding hydrogens is 2070 g/mol. The number of nitrogens with zero attached hydrogens (tertiary/aromatic N) is 11. The smallest absolute Gasteiger partial charge is 0.443 e. The molecule has 14 aliphatic heterocycles. The summed E-state index contributed by atoms with van der Waals surface area (Å²) in [5, 5.41) is 17.0. The first-order valence-corrected chi connectivity index (χ1v) is 50.5. The molecule has 8 fully saturated rings. The van der Waals surface area contributed by atoms with Gasteiger partial charge in [0, 0.05) is 184 Å². The van der Waals surface area contributed by atoms with Crippen LogP contribution in [0, 0.1) is 0 Å². The Balaban J connectivity index is 0.000000128. The molecule has 22 rings (SSSR count). The van der Waals surface area contributed by atoms with Gasteiger partial charge in [-0.05, 0) is 169 Å². The van der Waals surface area contributed by atoms with Gasteiger partial charge in [0.05, 0.1) is 128 Å². The summed E-state index contributed by atoms with van der Waals surface area (Å²) in [6.45, 7) is 25.0. The van der Waals surface area contributed by atoms with Gasteiger partial charge < -0.3 is 98.9 Å². The van der Waals surface area contributed by atoms with E-state index >= 15 is 0 Å². The number of rotatable bonds is 7. The SMILES string of the molecule is CC1(C)OB(C2=CCOCC2)OC1(C)C.CCN1C(=O)OC2COCCC2c2cc(Cl)cnc21.CCN1C(=O)OC2COCCC2c2cc(Cl)cnc21.CCN1C(=O)O[C@H]2COCC[C@H]2c2cc(Cl)cnc21.Nc1ncc(Cl)cc1Br.Nc1ncc(Cl)cc1C12CCOCC1O2.Nc1ncc(Cl)cc1C1=CCOCC1.Nc1ncc(Cl)cc1[C@@H]1CCOC[C@@H]1O.O=C1Nc2ncc(Cl)cc2[C@@H]2CCOC[C@@H]2O1. The summed E-state index contributed by atoms with van der Waals surface area (Å²) >= 11 is 50.5. The van der Waals surface area contributed by atoms with Crippen molar-refractivity contribution in [1.82, 2.24) is 39.9 Å². The highest BCUT2D eigenvalue weighted by Gasteiger charge is 2.61. The molecule has 8 saturated heterocycles. The van der Waals surface area contributed by atoms with Crippen LogP contribution in [0.1, 0.15) is 168 Å². The number of carbonyl (C=O) groups excluding carboxylic acids is 4. The van der Waals surface area contributed by atoms with E-state index in [1.165, 1.54) is 29.6 Å². The molecule has 10 N–H and O–H groups in total. The standard InChI is InChI=1S/3C13H15ClN2O3.C11H19BO3.C11H11ClN2O3.C10H11ClN2O2.C10H13ClN2O2.C10H11ClN2O.C5H4BrClN2/c3*1-2-16-12-10(5-8(14)6-15-12)9-3-4-18-7-11(9)19-13(16)17;1-10(2)11(3,4)15-12(14-10)9-5-7-13-8-6-9;12-6-3-8-7-1-2-16-5-9(7)17-11(15)14-10(8)13-4-6;11-6-3-7(9(12)13-4-6)10-1-2-14-5-8(10)15-10;11-6-3-8(10(12)13-4-6)7-1-2-15-5-9(7)14;11-8-5-9(10(12)13-6-8)7-1-3-14-4-2-7;6-4-1-3(7)2-9-5(4)8/h3*5-6,9,11H,2-4,7H2,1H3;5H,6-8H2,1-4H3;3-4,7,9H,1-2,5H2,(H,13,14,15);3-4,8H,1-2,5H2,(H2,12,13);3-4,7,9,14H,1-2,5H2,(H2,12,13);1,5-6H,2-4H2,(H2,12,13);1-2H,(H2,8,9)/t9-,11-;;;;7-,9-;;7-,9-;;/m0...0.0../s1. The van der Waals surface area contributed by atoms with Gasteiger partial charge in [0.15, 0.2) is 0 Å². The number of ether oxygens (including phenoxy) is 13. The predicted octanol–water partition coefficient (Wildman–Crippen LogP) is 18.6. The number of aliphatic hydroxyl groups excluding tert-OH is 1. The molecule has 8 aromatic rings. The van der Waals surface area contributed by atoms with Crippen molar-refractivity contribution in [2.45, 2.75) is 183 Å². The molecule has 0 saturated carbocycles. The third-order valence-corrected chi connectivity index (χ3v) is 28.5. The first-order chi connectivity index (χ1) is 68.1. The van der Waals surface area contributed by atoms with Gasteiger partial charge in [0.1, 0.15) is 82.7 Å². The number of nitrogens with two attached hydrogens (primary N) is 4. The Morgan fingerprint density at radius 2 is 0.810 bits per heavy atom. The van der Waals surface area contributed by atoms with Crippen LogP contribution in [-0.4, -0.2) is 250 Å². The molecule has 0 radical (unpaired) electrons. The zero-order valence-electron chi connectivity index (χ0n) is 79.2. The van der Waals surface area contributed by atoms with Crippen LogP contribution in [0.3, 0.4) is 0 Å². The molecule has 0 aliphatic carbocycles. The summed E-state index contributed by atoms with van der Waals surface area (Å²) in [5.41, 5.74) is 30.9. The third-order valence-electron chi connectivity index (χ3n) is 26.2. The number of nitrogen functional groups attached to an aromatic ring is 4. The van der Waals surface area contributed by atoms with E-state index < -0.39 is 12.2 Å². The Morgan fingerprint density at radius 3 is 1.25 bits per heavy atom. The molecule has 6 unspecified atom stereocenters. The second-order valence-electron chi connectivity index (χ2n) is 35.7. The van der Waals surface area contributed by atoms with Crippen LogP contribution in [0.25, 0.3) is 5.57 Å². The fraction of sp³-hybridized carbons (Fsp3) is 0.500. The molecule has 764 valence electrons. The quantitative estimate of drug-likeness (QED) is 0.0490. The molecule has 12 atom stereocenters. The number of carbonyl (C=O) groups is 4. The van der Waals surface area contributed by atoms with Gasteiger partial charge in [0.25, 0.3) is 0 Å². The van der Waals surface area contributed by atoms with E-state index in [-0.39, 0.29) is 102 Å². The lowest BCUT2D eigenvalue weighted by Gasteiger charge is -2.32. The molecule has 36 nitrogen and oxygen atoms in total. The summed E-state index contributed by atoms with van der Waals surface area (Å²) in [5.74, 6) is 4.84. The third kappa shape index (κ3) is 27.2. The lowest BCUT2D eigenvalue weighted by Crippen LogP contribution is -2.41. The van der Waals surface area contributed by atoms with Crippen LogP contribution in [0.15, 0.2) is 120 Å². The van der Waals surface area contributed by atoms with Gasteiger partial charge in [-0.15, -0.1) is 0 Å². The molecule has 0 spiro atoms. The average molecular weight is 2190 g/mol. The Bertz CT molecular complexity index is 5590. The first kappa shape index (κ1) is 109. The highest BCUT2D eigenvalue weighted by Crippen LogP contribution is 2.54. The van der Waals surface area contributed by atoms with Crippen molar-refractivity contribution < 1.29 is 95.2 Å². The van der Waals surface area contributed by atoms with Crippen LogP contribution in [0.2, 0.25) is 40.2 Å². The zero-order chi connectivity index (χ0) is 101. The van der Waals surface area contributed by atoms with E-state index in [0.29, 0.717) is 199 Å². The summed E-state index contributed by atoms with van der Waals surface area (Å²) in [6.07, 6.45) is 20.0. The summed E-state index contributed by atoms with van der Waals surface area (Å²) in [4.78, 5) is 85.5. The van der Waals surface area contributed by atoms with Crippen molar-refractivity contribution >= 4 is 192 Å². The second-order valence-corrected chi connectivity index (χ2v) is 40.0. The van der Waals surface area contributed by atoms with Crippen LogP contribution in [-0.2, 0) is 76.5 Å². The van der Waals surface area contributed by atoms with E-state index in [0.717, 1.165) is 108 Å². The molecule has 14 aliphatic rings. The van der Waals surface area contributed by atoms with Crippen molar-refractivity contribution in [3.63, 3.8) is 0 Å². The maximum Gasteiger partial charge on any atom is 0.490 e. The fourth-order valence-electron chi connectivity index (χ4n) is 18.0. The predicted molar refractivity (Wildman–Crippen MR) is 545 cm³/mol. The molecule has 4 amide bonds. The lowest BCUT2D eigenvalue weighted by atomic mass is 9.75. The van der Waals surface area contributed by atoms with Crippen LogP contribution in [0.4, 0.5) is 65.7 Å². The number of aliphatic hydroxyl groups is 1. The molecule has 8 aromatic heterocycles. The normalized spacial score (nSPS) is 25.4.